The van der Waals surface area contributed by atoms with Crippen molar-refractivity contribution in [3.8, 4) is 29.2 Å². The first kappa shape index (κ1) is 43.9. The first-order chi connectivity index (χ1) is 29.3. The van der Waals surface area contributed by atoms with Gasteiger partial charge in [0, 0.05) is 101 Å². The Morgan fingerprint density at radius 3 is 1.35 bits per heavy atom. The summed E-state index contributed by atoms with van der Waals surface area (Å²) >= 11 is 0. The van der Waals surface area contributed by atoms with Crippen LogP contribution in [-0.2, 0) is 53.0 Å². The van der Waals surface area contributed by atoms with Crippen molar-refractivity contribution in [2.45, 2.75) is 52.4 Å². The van der Waals surface area contributed by atoms with E-state index in [1.165, 1.54) is 0 Å². The molecule has 2 aliphatic heterocycles. The summed E-state index contributed by atoms with van der Waals surface area (Å²) in [5, 5.41) is 1.96. The summed E-state index contributed by atoms with van der Waals surface area (Å²) in [5.74, 6) is 1.08. The SMILES string of the molecule is CN1[CH-]N(c2[c-]c3c(cc2)c2ccc(N4[CH-]N(C)c5ccccc54)[c-]c2n3-c2[c-]c(Oc3cc(C(C)(C)C)ccn3)nc(Oc3cc(C(C)(C)C)ccn3)[c-]2)c2ccccc21.[Pt].[Pt]. The van der Waals surface area contributed by atoms with E-state index in [2.05, 4.69) is 200 Å². The monoisotopic (exact) mass is 1190 g/mol. The Hall–Kier alpha value is -5.69. The largest absolute Gasteiger partial charge is 0.504 e. The Morgan fingerprint density at radius 2 is 0.937 bits per heavy atom. The number of fused-ring (bicyclic) bond motifs is 5. The van der Waals surface area contributed by atoms with Gasteiger partial charge in [-0.1, -0.05) is 76.8 Å². The normalized spacial score (nSPS) is 13.5. The Bertz CT molecular complexity index is 2800. The predicted molar refractivity (Wildman–Crippen MR) is 243 cm³/mol. The molecule has 0 bridgehead atoms. The minimum absolute atomic E-state index is 0. The number of benzene rings is 4. The first-order valence-electron chi connectivity index (χ1n) is 20.3. The van der Waals surface area contributed by atoms with Crippen LogP contribution >= 0.6 is 0 Å². The molecule has 0 unspecified atom stereocenters. The molecule has 326 valence electrons. The fourth-order valence-electron chi connectivity index (χ4n) is 7.91. The van der Waals surface area contributed by atoms with Crippen molar-refractivity contribution in [2.24, 2.45) is 0 Å². The van der Waals surface area contributed by atoms with Gasteiger partial charge in [-0.3, -0.25) is 4.98 Å². The average molecular weight is 1190 g/mol. The van der Waals surface area contributed by atoms with Crippen LogP contribution in [0.5, 0.6) is 23.5 Å². The van der Waals surface area contributed by atoms with Crippen LogP contribution in [0, 0.1) is 37.6 Å². The van der Waals surface area contributed by atoms with Gasteiger partial charge in [0.2, 0.25) is 11.8 Å². The number of rotatable bonds is 7. The number of hydrogen-bond donors (Lipinski definition) is 0. The molecule has 0 atom stereocenters. The second kappa shape index (κ2) is 16.8. The van der Waals surface area contributed by atoms with Crippen molar-refractivity contribution in [2.75, 3.05) is 33.7 Å². The average Bonchev–Trinajstić information content (AvgIpc) is 3.88. The maximum absolute atomic E-state index is 6.48. The van der Waals surface area contributed by atoms with Gasteiger partial charge in [-0.2, -0.15) is 48.4 Å². The van der Waals surface area contributed by atoms with E-state index in [4.69, 9.17) is 14.5 Å². The number of pyridine rings is 3. The summed E-state index contributed by atoms with van der Waals surface area (Å²) < 4.78 is 15.0. The number of anilines is 6. The molecule has 6 heterocycles. The standard InChI is InChI=1S/C51H44N8O2.2Pt/c1-50(2,3)33-21-23-52-46(25-33)60-48-29-37(30-49(54-48)61-47-26-34(22-24-53-47)51(4,5)6)59-44-27-35(57-31-55(7)40-13-9-11-15-42(40)57)17-19-38(44)39-20-18-36(28-45(39)59)58-32-56(8)41-14-10-12-16-43(41)58;;/h9-26,31-32H,1-8H3;;/q-6;;. The molecule has 0 spiro atoms. The summed E-state index contributed by atoms with van der Waals surface area (Å²) in [5.41, 5.74) is 10.0. The van der Waals surface area contributed by atoms with E-state index < -0.39 is 0 Å². The van der Waals surface area contributed by atoms with Crippen LogP contribution in [0.3, 0.4) is 0 Å². The van der Waals surface area contributed by atoms with Crippen LogP contribution in [-0.4, -0.2) is 33.6 Å². The molecule has 2 aliphatic rings. The van der Waals surface area contributed by atoms with Crippen molar-refractivity contribution in [1.29, 1.82) is 0 Å². The van der Waals surface area contributed by atoms with Gasteiger partial charge in [-0.25, -0.2) is 9.97 Å². The third-order valence-electron chi connectivity index (χ3n) is 11.2. The Balaban J connectivity index is 0.00000272. The first-order valence-corrected chi connectivity index (χ1v) is 20.3. The second-order valence-corrected chi connectivity index (χ2v) is 17.5. The molecule has 0 radical (unpaired) electrons. The maximum Gasteiger partial charge on any atom is 0.217 e. The van der Waals surface area contributed by atoms with Crippen molar-refractivity contribution in [3.63, 3.8) is 0 Å². The van der Waals surface area contributed by atoms with E-state index in [0.29, 0.717) is 17.4 Å². The molecule has 12 heteroatoms. The zero-order chi connectivity index (χ0) is 42.2. The van der Waals surface area contributed by atoms with E-state index in [1.807, 2.05) is 24.3 Å². The second-order valence-electron chi connectivity index (χ2n) is 17.5. The van der Waals surface area contributed by atoms with Gasteiger partial charge >= 0.3 is 0 Å². The van der Waals surface area contributed by atoms with Crippen molar-refractivity contribution >= 4 is 55.9 Å². The van der Waals surface area contributed by atoms with Crippen LogP contribution < -0.4 is 29.1 Å². The van der Waals surface area contributed by atoms with E-state index in [1.54, 1.807) is 12.4 Å². The van der Waals surface area contributed by atoms with Crippen LogP contribution in [0.4, 0.5) is 34.1 Å². The van der Waals surface area contributed by atoms with E-state index in [9.17, 15) is 0 Å². The Morgan fingerprint density at radius 1 is 0.524 bits per heavy atom. The molecule has 10 nitrogen and oxygen atoms in total. The van der Waals surface area contributed by atoms with Crippen molar-refractivity contribution < 1.29 is 51.6 Å². The fraction of sp³-hybridized carbons (Fsp3) is 0.196. The number of hydrogen-bond acceptors (Lipinski definition) is 9. The van der Waals surface area contributed by atoms with Gasteiger partial charge in [0.25, 0.3) is 0 Å². The molecule has 0 aliphatic carbocycles. The summed E-state index contributed by atoms with van der Waals surface area (Å²) in [6.07, 6.45) is 3.50. The summed E-state index contributed by atoms with van der Waals surface area (Å²) in [7, 11) is 4.11. The number of nitrogens with zero attached hydrogens (tertiary/aromatic N) is 8. The van der Waals surface area contributed by atoms with Gasteiger partial charge in [0.1, 0.15) is 0 Å². The molecule has 8 aromatic rings. The molecular weight excluding hydrogens is 1150 g/mol. The smallest absolute Gasteiger partial charge is 0.217 e. The fourth-order valence-corrected chi connectivity index (χ4v) is 7.91. The van der Waals surface area contributed by atoms with E-state index in [-0.39, 0.29) is 64.7 Å². The minimum atomic E-state index is -0.125. The van der Waals surface area contributed by atoms with Crippen LogP contribution in [0.1, 0.15) is 52.7 Å². The summed E-state index contributed by atoms with van der Waals surface area (Å²) in [4.78, 5) is 22.5. The summed E-state index contributed by atoms with van der Waals surface area (Å²) in [6, 6.07) is 47.6. The molecule has 0 saturated carbocycles. The van der Waals surface area contributed by atoms with Gasteiger partial charge in [-0.05, 0) is 72.5 Å². The van der Waals surface area contributed by atoms with Gasteiger partial charge in [0.15, 0.2) is 0 Å². The Labute approximate surface area is 398 Å². The molecule has 10 rings (SSSR count). The quantitative estimate of drug-likeness (QED) is 0.145. The minimum Gasteiger partial charge on any atom is -0.504 e. The van der Waals surface area contributed by atoms with Gasteiger partial charge < -0.3 is 51.5 Å². The Kier molecular flexibility index (Phi) is 11.7. The predicted octanol–water partition coefficient (Wildman–Crippen LogP) is 11.8. The zero-order valence-corrected chi connectivity index (χ0v) is 40.6. The number of aromatic nitrogens is 4. The summed E-state index contributed by atoms with van der Waals surface area (Å²) in [6.45, 7) is 17.1. The van der Waals surface area contributed by atoms with Gasteiger partial charge in [-0.15, -0.1) is 23.5 Å². The molecule has 4 aromatic carbocycles. The van der Waals surface area contributed by atoms with Crippen molar-refractivity contribution in [1.82, 2.24) is 19.5 Å². The number of ether oxygens (including phenoxy) is 2. The van der Waals surface area contributed by atoms with Crippen LogP contribution in [0.25, 0.3) is 27.5 Å². The molecule has 0 saturated heterocycles. The zero-order valence-electron chi connectivity index (χ0n) is 36.1. The molecule has 0 N–H and O–H groups in total. The van der Waals surface area contributed by atoms with Crippen LogP contribution in [0.15, 0.2) is 109 Å². The molecule has 63 heavy (non-hydrogen) atoms. The maximum atomic E-state index is 6.48. The van der Waals surface area contributed by atoms with Gasteiger partial charge in [0.05, 0.1) is 0 Å². The van der Waals surface area contributed by atoms with E-state index >= 15 is 0 Å². The van der Waals surface area contributed by atoms with E-state index in [0.717, 1.165) is 67.1 Å². The van der Waals surface area contributed by atoms with Crippen LogP contribution in [0.2, 0.25) is 0 Å². The molecule has 0 amide bonds. The topological polar surface area (TPSA) is 75.0 Å². The third kappa shape index (κ3) is 8.20. The number of para-hydroxylation sites is 4. The molecular formula is C51H44N8O2Pt2-6. The van der Waals surface area contributed by atoms with Crippen molar-refractivity contribution in [3.05, 3.63) is 158 Å². The molecule has 4 aromatic heterocycles. The third-order valence-corrected chi connectivity index (χ3v) is 11.2. The molecule has 0 fully saturated rings.